The van der Waals surface area contributed by atoms with E-state index in [4.69, 9.17) is 0 Å². The molecule has 80 valence electrons. The van der Waals surface area contributed by atoms with E-state index in [1.165, 1.54) is 5.57 Å². The summed E-state index contributed by atoms with van der Waals surface area (Å²) in [7, 11) is 0. The molecule has 0 spiro atoms. The average molecular weight is 193 g/mol. The Kier molecular flexibility index (Phi) is 2.80. The third kappa shape index (κ3) is 2.63. The van der Waals surface area contributed by atoms with E-state index in [1.54, 1.807) is 0 Å². The van der Waals surface area contributed by atoms with Crippen LogP contribution in [0.15, 0.2) is 23.9 Å². The summed E-state index contributed by atoms with van der Waals surface area (Å²) in [6.45, 7) is 14.6. The Bertz CT molecular complexity index is 258. The molecule has 0 atom stereocenters. The van der Waals surface area contributed by atoms with Crippen LogP contribution in [0.2, 0.25) is 0 Å². The van der Waals surface area contributed by atoms with Gasteiger partial charge in [0.25, 0.3) is 0 Å². The van der Waals surface area contributed by atoms with Gasteiger partial charge in [0.05, 0.1) is 0 Å². The van der Waals surface area contributed by atoms with E-state index in [9.17, 15) is 0 Å². The second-order valence-corrected chi connectivity index (χ2v) is 6.06. The van der Waals surface area contributed by atoms with Gasteiger partial charge in [0.2, 0.25) is 0 Å². The fourth-order valence-corrected chi connectivity index (χ4v) is 1.47. The molecule has 0 radical (unpaired) electrons. The Morgan fingerprint density at radius 1 is 1.07 bits per heavy atom. The van der Waals surface area contributed by atoms with Gasteiger partial charge in [0.1, 0.15) is 0 Å². The highest BCUT2D eigenvalue weighted by molar-refractivity contribution is 5.28. The minimum absolute atomic E-state index is 0.223. The predicted molar refractivity (Wildman–Crippen MR) is 63.1 cm³/mol. The molecule has 14 heavy (non-hydrogen) atoms. The zero-order valence-electron chi connectivity index (χ0n) is 10.4. The molecule has 1 heterocycles. The lowest BCUT2D eigenvalue weighted by Gasteiger charge is -2.38. The van der Waals surface area contributed by atoms with Crippen molar-refractivity contribution >= 4 is 0 Å². The predicted octanol–water partition coefficient (Wildman–Crippen LogP) is 3.59. The van der Waals surface area contributed by atoms with E-state index in [2.05, 4.69) is 64.8 Å². The summed E-state index contributed by atoms with van der Waals surface area (Å²) in [6, 6.07) is 0. The van der Waals surface area contributed by atoms with E-state index < -0.39 is 0 Å². The van der Waals surface area contributed by atoms with Crippen LogP contribution < -0.4 is 0 Å². The number of hydrogen-bond acceptors (Lipinski definition) is 1. The van der Waals surface area contributed by atoms with Crippen molar-refractivity contribution < 1.29 is 0 Å². The first kappa shape index (κ1) is 11.4. The number of hydrogen-bond donors (Lipinski definition) is 0. The van der Waals surface area contributed by atoms with Crippen molar-refractivity contribution in [1.82, 2.24) is 4.90 Å². The van der Waals surface area contributed by atoms with Gasteiger partial charge >= 0.3 is 0 Å². The molecule has 0 saturated carbocycles. The summed E-state index contributed by atoms with van der Waals surface area (Å²) >= 11 is 0. The lowest BCUT2D eigenvalue weighted by Crippen LogP contribution is -2.39. The highest BCUT2D eigenvalue weighted by atomic mass is 15.2. The maximum atomic E-state index is 2.40. The van der Waals surface area contributed by atoms with Crippen molar-refractivity contribution in [3.63, 3.8) is 0 Å². The highest BCUT2D eigenvalue weighted by Crippen LogP contribution is 2.30. The third-order valence-corrected chi connectivity index (χ3v) is 2.62. The largest absolute Gasteiger partial charge is 0.369 e. The Morgan fingerprint density at radius 2 is 1.64 bits per heavy atom. The molecule has 0 N–H and O–H groups in total. The van der Waals surface area contributed by atoms with Crippen LogP contribution in [-0.2, 0) is 0 Å². The summed E-state index contributed by atoms with van der Waals surface area (Å²) < 4.78 is 0. The van der Waals surface area contributed by atoms with E-state index in [0.717, 1.165) is 6.54 Å². The van der Waals surface area contributed by atoms with Crippen molar-refractivity contribution in [3.8, 4) is 0 Å². The molecule has 0 aliphatic carbocycles. The van der Waals surface area contributed by atoms with Crippen LogP contribution >= 0.6 is 0 Å². The van der Waals surface area contributed by atoms with Gasteiger partial charge in [-0.1, -0.05) is 32.9 Å². The molecule has 0 bridgehead atoms. The molecule has 1 aliphatic rings. The lowest BCUT2D eigenvalue weighted by molar-refractivity contribution is 0.219. The number of rotatable bonds is 0. The maximum Gasteiger partial charge on any atom is 0.0362 e. The van der Waals surface area contributed by atoms with Gasteiger partial charge in [-0.25, -0.2) is 0 Å². The first-order valence-corrected chi connectivity index (χ1v) is 5.37. The monoisotopic (exact) mass is 193 g/mol. The van der Waals surface area contributed by atoms with Crippen molar-refractivity contribution in [1.29, 1.82) is 0 Å². The molecule has 0 aromatic carbocycles. The quantitative estimate of drug-likeness (QED) is 0.568. The molecule has 1 aliphatic heterocycles. The lowest BCUT2D eigenvalue weighted by atomic mass is 9.85. The van der Waals surface area contributed by atoms with Crippen LogP contribution in [0.5, 0.6) is 0 Å². The van der Waals surface area contributed by atoms with E-state index in [0.29, 0.717) is 0 Å². The first-order valence-electron chi connectivity index (χ1n) is 5.37. The van der Waals surface area contributed by atoms with Gasteiger partial charge in [-0.3, -0.25) is 0 Å². The van der Waals surface area contributed by atoms with Crippen LogP contribution in [0, 0.1) is 5.41 Å². The summed E-state index contributed by atoms with van der Waals surface area (Å²) in [5.74, 6) is 0. The maximum absolute atomic E-state index is 2.40. The molecule has 1 heteroatoms. The molecule has 0 amide bonds. The first-order chi connectivity index (χ1) is 6.21. The molecule has 1 rings (SSSR count). The van der Waals surface area contributed by atoms with Crippen LogP contribution in [0.1, 0.15) is 41.5 Å². The average Bonchev–Trinajstić information content (AvgIpc) is 2.01. The van der Waals surface area contributed by atoms with Crippen LogP contribution in [0.4, 0.5) is 0 Å². The van der Waals surface area contributed by atoms with Gasteiger partial charge in [-0.15, -0.1) is 0 Å². The van der Waals surface area contributed by atoms with Crippen molar-refractivity contribution in [2.75, 3.05) is 6.54 Å². The third-order valence-electron chi connectivity index (χ3n) is 2.62. The van der Waals surface area contributed by atoms with Gasteiger partial charge in [0, 0.05) is 18.3 Å². The highest BCUT2D eigenvalue weighted by Gasteiger charge is 2.23. The summed E-state index contributed by atoms with van der Waals surface area (Å²) in [4.78, 5) is 2.40. The fraction of sp³-hybridized carbons (Fsp3) is 0.692. The Morgan fingerprint density at radius 3 is 2.07 bits per heavy atom. The second kappa shape index (κ2) is 3.45. The smallest absolute Gasteiger partial charge is 0.0362 e. The summed E-state index contributed by atoms with van der Waals surface area (Å²) in [6.07, 6.45) is 6.81. The molecule has 1 nitrogen and oxygen atoms in total. The van der Waals surface area contributed by atoms with Crippen molar-refractivity contribution in [2.24, 2.45) is 5.41 Å². The van der Waals surface area contributed by atoms with Crippen LogP contribution in [-0.4, -0.2) is 17.0 Å². The minimum Gasteiger partial charge on any atom is -0.369 e. The molecule has 0 unspecified atom stereocenters. The van der Waals surface area contributed by atoms with Crippen LogP contribution in [0.3, 0.4) is 0 Å². The molecule has 0 aromatic heterocycles. The molecular formula is C13H23N. The molecule has 0 saturated heterocycles. The summed E-state index contributed by atoms with van der Waals surface area (Å²) in [5.41, 5.74) is 1.89. The Labute approximate surface area is 88.5 Å². The van der Waals surface area contributed by atoms with E-state index in [-0.39, 0.29) is 11.0 Å². The molecule has 0 fully saturated rings. The zero-order valence-corrected chi connectivity index (χ0v) is 10.4. The van der Waals surface area contributed by atoms with E-state index >= 15 is 0 Å². The Balaban J connectivity index is 2.90. The standard InChI is InChI=1S/C13H23N/c1-12(2,3)11-8-7-9-14(10-11)13(4,5)6/h7-8,10H,9H2,1-6H3. The van der Waals surface area contributed by atoms with Crippen LogP contribution in [0.25, 0.3) is 0 Å². The van der Waals surface area contributed by atoms with Gasteiger partial charge in [-0.05, 0) is 31.8 Å². The normalized spacial score (nSPS) is 18.4. The fourth-order valence-electron chi connectivity index (χ4n) is 1.47. The molecule has 0 aromatic rings. The molecular weight excluding hydrogens is 170 g/mol. The zero-order chi connectivity index (χ0) is 11.0. The topological polar surface area (TPSA) is 3.24 Å². The van der Waals surface area contributed by atoms with E-state index in [1.807, 2.05) is 0 Å². The van der Waals surface area contributed by atoms with Gasteiger partial charge in [-0.2, -0.15) is 0 Å². The minimum atomic E-state index is 0.223. The SMILES string of the molecule is CC(C)(C)C1=CN(C(C)(C)C)CC=C1. The van der Waals surface area contributed by atoms with Crippen molar-refractivity contribution in [3.05, 3.63) is 23.9 Å². The van der Waals surface area contributed by atoms with Crippen molar-refractivity contribution in [2.45, 2.75) is 47.1 Å². The van der Waals surface area contributed by atoms with Gasteiger partial charge < -0.3 is 4.90 Å². The Hall–Kier alpha value is -0.720. The number of allylic oxidation sites excluding steroid dienone is 2. The summed E-state index contributed by atoms with van der Waals surface area (Å²) in [5, 5.41) is 0. The van der Waals surface area contributed by atoms with Gasteiger partial charge in [0.15, 0.2) is 0 Å². The number of nitrogens with zero attached hydrogens (tertiary/aromatic N) is 1. The second-order valence-electron chi connectivity index (χ2n) is 6.06.